The fourth-order valence-corrected chi connectivity index (χ4v) is 2.32. The van der Waals surface area contributed by atoms with E-state index in [0.29, 0.717) is 0 Å². The van der Waals surface area contributed by atoms with Crippen molar-refractivity contribution < 1.29 is 4.39 Å². The minimum Gasteiger partial charge on any atom is -0.320 e. The van der Waals surface area contributed by atoms with E-state index in [1.54, 1.807) is 17.4 Å². The number of nitrogens with two attached hydrogens (primary N) is 1. The van der Waals surface area contributed by atoms with Crippen LogP contribution in [0.2, 0.25) is 0 Å². The summed E-state index contributed by atoms with van der Waals surface area (Å²) in [5.41, 5.74) is 9.05. The topological polar surface area (TPSA) is 26.0 Å². The predicted octanol–water partition coefficient (Wildman–Crippen LogP) is 3.24. The molecule has 1 atom stereocenters. The van der Waals surface area contributed by atoms with Gasteiger partial charge in [0.1, 0.15) is 5.82 Å². The Bertz CT molecular complexity index is 451. The van der Waals surface area contributed by atoms with Crippen LogP contribution in [-0.4, -0.2) is 0 Å². The van der Waals surface area contributed by atoms with Gasteiger partial charge in [-0.1, -0.05) is 6.07 Å². The van der Waals surface area contributed by atoms with E-state index >= 15 is 0 Å². The van der Waals surface area contributed by atoms with Crippen molar-refractivity contribution in [2.24, 2.45) is 5.73 Å². The van der Waals surface area contributed by atoms with Crippen molar-refractivity contribution in [1.29, 1.82) is 0 Å². The Morgan fingerprint density at radius 2 is 2.13 bits per heavy atom. The molecule has 15 heavy (non-hydrogen) atoms. The molecule has 2 N–H and O–H groups in total. The number of halogens is 1. The van der Waals surface area contributed by atoms with Crippen LogP contribution < -0.4 is 5.73 Å². The Labute approximate surface area is 92.4 Å². The molecule has 0 bridgehead atoms. The zero-order valence-corrected chi connectivity index (χ0v) is 9.22. The van der Waals surface area contributed by atoms with Crippen molar-refractivity contribution in [1.82, 2.24) is 0 Å². The first kappa shape index (κ1) is 10.3. The van der Waals surface area contributed by atoms with Gasteiger partial charge in [-0.2, -0.15) is 11.3 Å². The molecule has 2 aromatic rings. The van der Waals surface area contributed by atoms with E-state index in [1.165, 1.54) is 12.1 Å². The maximum atomic E-state index is 12.9. The summed E-state index contributed by atoms with van der Waals surface area (Å²) in [4.78, 5) is 0. The first-order valence-corrected chi connectivity index (χ1v) is 5.66. The van der Waals surface area contributed by atoms with E-state index in [9.17, 15) is 4.39 Å². The van der Waals surface area contributed by atoms with Crippen LogP contribution in [0.15, 0.2) is 35.0 Å². The molecule has 78 valence electrons. The molecular formula is C12H12FNS. The van der Waals surface area contributed by atoms with Gasteiger partial charge in [-0.05, 0) is 52.6 Å². The molecule has 1 aromatic carbocycles. The van der Waals surface area contributed by atoms with E-state index in [1.807, 2.05) is 23.8 Å². The number of aryl methyl sites for hydroxylation is 1. The average molecular weight is 221 g/mol. The Hall–Kier alpha value is -1.19. The van der Waals surface area contributed by atoms with Crippen LogP contribution in [0.1, 0.15) is 22.7 Å². The second kappa shape index (κ2) is 4.13. The van der Waals surface area contributed by atoms with E-state index in [-0.39, 0.29) is 11.9 Å². The first-order valence-electron chi connectivity index (χ1n) is 4.72. The highest BCUT2D eigenvalue weighted by atomic mass is 32.1. The number of hydrogen-bond acceptors (Lipinski definition) is 2. The van der Waals surface area contributed by atoms with Crippen molar-refractivity contribution in [3.8, 4) is 0 Å². The Balaban J connectivity index is 2.38. The third-order valence-corrected chi connectivity index (χ3v) is 3.17. The van der Waals surface area contributed by atoms with Gasteiger partial charge in [0.15, 0.2) is 0 Å². The number of hydrogen-bond donors (Lipinski definition) is 1. The summed E-state index contributed by atoms with van der Waals surface area (Å²) < 4.78 is 12.9. The highest BCUT2D eigenvalue weighted by Gasteiger charge is 2.11. The minimum absolute atomic E-state index is 0.156. The van der Waals surface area contributed by atoms with Gasteiger partial charge >= 0.3 is 0 Å². The first-order chi connectivity index (χ1) is 7.18. The molecule has 0 unspecified atom stereocenters. The molecule has 0 radical (unpaired) electrons. The van der Waals surface area contributed by atoms with Crippen LogP contribution in [0.4, 0.5) is 4.39 Å². The summed E-state index contributed by atoms with van der Waals surface area (Å²) in [5.74, 6) is -0.214. The van der Waals surface area contributed by atoms with Crippen molar-refractivity contribution in [2.75, 3.05) is 0 Å². The third-order valence-electron chi connectivity index (χ3n) is 2.47. The standard InChI is InChI=1S/C12H12FNS/c1-8-6-10(13)2-3-11(8)12(14)9-4-5-15-7-9/h2-7,12H,14H2,1H3/t12-/m0/s1. The van der Waals surface area contributed by atoms with E-state index in [0.717, 1.165) is 16.7 Å². The predicted molar refractivity (Wildman–Crippen MR) is 61.5 cm³/mol. The fourth-order valence-electron chi connectivity index (χ4n) is 1.62. The molecule has 1 aromatic heterocycles. The largest absolute Gasteiger partial charge is 0.320 e. The smallest absolute Gasteiger partial charge is 0.123 e. The molecular weight excluding hydrogens is 209 g/mol. The van der Waals surface area contributed by atoms with Gasteiger partial charge in [-0.3, -0.25) is 0 Å². The molecule has 0 amide bonds. The van der Waals surface area contributed by atoms with Gasteiger partial charge in [0, 0.05) is 0 Å². The summed E-state index contributed by atoms with van der Waals surface area (Å²) >= 11 is 1.62. The molecule has 1 heterocycles. The van der Waals surface area contributed by atoms with Crippen molar-refractivity contribution in [3.05, 3.63) is 57.5 Å². The summed E-state index contributed by atoms with van der Waals surface area (Å²) in [6.45, 7) is 1.88. The van der Waals surface area contributed by atoms with Crippen molar-refractivity contribution in [3.63, 3.8) is 0 Å². The van der Waals surface area contributed by atoms with Crippen LogP contribution in [0, 0.1) is 12.7 Å². The maximum absolute atomic E-state index is 12.9. The van der Waals surface area contributed by atoms with Crippen LogP contribution in [-0.2, 0) is 0 Å². The number of thiophene rings is 1. The monoisotopic (exact) mass is 221 g/mol. The molecule has 0 saturated carbocycles. The highest BCUT2D eigenvalue weighted by molar-refractivity contribution is 7.08. The van der Waals surface area contributed by atoms with Gasteiger partial charge in [0.05, 0.1) is 6.04 Å². The molecule has 3 heteroatoms. The van der Waals surface area contributed by atoms with Gasteiger partial charge in [-0.15, -0.1) is 0 Å². The Morgan fingerprint density at radius 3 is 2.73 bits per heavy atom. The van der Waals surface area contributed by atoms with Gasteiger partial charge in [-0.25, -0.2) is 4.39 Å². The molecule has 0 aliphatic rings. The van der Waals surface area contributed by atoms with Crippen molar-refractivity contribution >= 4 is 11.3 Å². The zero-order chi connectivity index (χ0) is 10.8. The second-order valence-corrected chi connectivity index (χ2v) is 4.32. The molecule has 0 aliphatic heterocycles. The van der Waals surface area contributed by atoms with Gasteiger partial charge in [0.2, 0.25) is 0 Å². The van der Waals surface area contributed by atoms with Gasteiger partial charge < -0.3 is 5.73 Å². The van der Waals surface area contributed by atoms with Gasteiger partial charge in [0.25, 0.3) is 0 Å². The van der Waals surface area contributed by atoms with Crippen LogP contribution in [0.25, 0.3) is 0 Å². The molecule has 2 rings (SSSR count). The SMILES string of the molecule is Cc1cc(F)ccc1[C@@H](N)c1ccsc1. The lowest BCUT2D eigenvalue weighted by molar-refractivity contribution is 0.625. The lowest BCUT2D eigenvalue weighted by Gasteiger charge is -2.13. The summed E-state index contributed by atoms with van der Waals surface area (Å²) in [6, 6.07) is 6.57. The Morgan fingerprint density at radius 1 is 1.33 bits per heavy atom. The molecule has 0 spiro atoms. The van der Waals surface area contributed by atoms with Crippen molar-refractivity contribution in [2.45, 2.75) is 13.0 Å². The highest BCUT2D eigenvalue weighted by Crippen LogP contribution is 2.24. The third kappa shape index (κ3) is 2.08. The molecule has 1 nitrogen and oxygen atoms in total. The molecule has 0 fully saturated rings. The van der Waals surface area contributed by atoms with E-state index in [4.69, 9.17) is 5.73 Å². The lowest BCUT2D eigenvalue weighted by Crippen LogP contribution is -2.12. The van der Waals surface area contributed by atoms with Crippen LogP contribution in [0.3, 0.4) is 0 Å². The van der Waals surface area contributed by atoms with E-state index < -0.39 is 0 Å². The van der Waals surface area contributed by atoms with E-state index in [2.05, 4.69) is 0 Å². The quantitative estimate of drug-likeness (QED) is 0.827. The summed E-state index contributed by atoms with van der Waals surface area (Å²) in [7, 11) is 0. The maximum Gasteiger partial charge on any atom is 0.123 e. The normalized spacial score (nSPS) is 12.7. The minimum atomic E-state index is -0.214. The average Bonchev–Trinajstić information content (AvgIpc) is 2.69. The number of benzene rings is 1. The summed E-state index contributed by atoms with van der Waals surface area (Å²) in [5, 5.41) is 4.02. The summed E-state index contributed by atoms with van der Waals surface area (Å²) in [6.07, 6.45) is 0. The lowest BCUT2D eigenvalue weighted by atomic mass is 9.98. The van der Waals surface area contributed by atoms with Crippen LogP contribution in [0.5, 0.6) is 0 Å². The Kier molecular flexibility index (Phi) is 2.84. The second-order valence-electron chi connectivity index (χ2n) is 3.54. The molecule has 0 aliphatic carbocycles. The zero-order valence-electron chi connectivity index (χ0n) is 8.41. The fraction of sp³-hybridized carbons (Fsp3) is 0.167. The van der Waals surface area contributed by atoms with Crippen LogP contribution >= 0.6 is 11.3 Å². The number of rotatable bonds is 2. The molecule has 0 saturated heterocycles.